The van der Waals surface area contributed by atoms with Crippen LogP contribution in [-0.4, -0.2) is 4.98 Å². The third kappa shape index (κ3) is 2.40. The highest BCUT2D eigenvalue weighted by Crippen LogP contribution is 2.29. The predicted octanol–water partition coefficient (Wildman–Crippen LogP) is 2.68. The predicted molar refractivity (Wildman–Crippen MR) is 67.5 cm³/mol. The van der Waals surface area contributed by atoms with Crippen LogP contribution in [0.2, 0.25) is 0 Å². The smallest absolute Gasteiger partial charge is 0.145 e. The van der Waals surface area contributed by atoms with E-state index in [2.05, 4.69) is 26.3 Å². The van der Waals surface area contributed by atoms with E-state index in [-0.39, 0.29) is 10.0 Å². The average Bonchev–Trinajstić information content (AvgIpc) is 2.40. The zero-order chi connectivity index (χ0) is 13.1. The van der Waals surface area contributed by atoms with Gasteiger partial charge in [-0.05, 0) is 45.8 Å². The lowest BCUT2D eigenvalue weighted by Gasteiger charge is -2.18. The van der Waals surface area contributed by atoms with Gasteiger partial charge in [-0.1, -0.05) is 0 Å². The van der Waals surface area contributed by atoms with Crippen LogP contribution in [0.4, 0.5) is 8.78 Å². The largest absolute Gasteiger partial charge is 0.271 e. The second-order valence-corrected chi connectivity index (χ2v) is 4.49. The topological polar surface area (TPSA) is 50.9 Å². The van der Waals surface area contributed by atoms with Gasteiger partial charge < -0.3 is 0 Å². The molecule has 0 saturated carbocycles. The van der Waals surface area contributed by atoms with Gasteiger partial charge >= 0.3 is 0 Å². The van der Waals surface area contributed by atoms with Gasteiger partial charge in [0.15, 0.2) is 0 Å². The molecule has 2 rings (SSSR count). The monoisotopic (exact) mass is 313 g/mol. The molecule has 3 N–H and O–H groups in total. The molecular formula is C12H10BrF2N3. The first-order valence-corrected chi connectivity index (χ1v) is 5.94. The van der Waals surface area contributed by atoms with E-state index >= 15 is 0 Å². The second kappa shape index (κ2) is 5.51. The van der Waals surface area contributed by atoms with Crippen molar-refractivity contribution in [2.24, 2.45) is 5.84 Å². The highest BCUT2D eigenvalue weighted by molar-refractivity contribution is 9.10. The first kappa shape index (κ1) is 13.1. The van der Waals surface area contributed by atoms with Gasteiger partial charge in [0.05, 0.1) is 10.5 Å². The van der Waals surface area contributed by atoms with Gasteiger partial charge in [-0.2, -0.15) is 0 Å². The Balaban J connectivity index is 2.56. The summed E-state index contributed by atoms with van der Waals surface area (Å²) in [5.41, 5.74) is 2.92. The number of nitrogens with one attached hydrogen (secondary N) is 1. The van der Waals surface area contributed by atoms with Crippen LogP contribution in [-0.2, 0) is 0 Å². The van der Waals surface area contributed by atoms with E-state index in [0.29, 0.717) is 5.56 Å². The molecular weight excluding hydrogens is 304 g/mol. The standard InChI is InChI=1S/C12H10BrF2N3/c13-8-1-2-9(14)10(11(8)15)12(18-16)7-3-5-17-6-4-7/h1-6,12,18H,16H2. The molecule has 1 heterocycles. The van der Waals surface area contributed by atoms with Crippen molar-refractivity contribution in [2.45, 2.75) is 6.04 Å². The lowest BCUT2D eigenvalue weighted by Crippen LogP contribution is -2.30. The highest BCUT2D eigenvalue weighted by atomic mass is 79.9. The Morgan fingerprint density at radius 2 is 1.83 bits per heavy atom. The minimum atomic E-state index is -0.773. The molecule has 1 aromatic heterocycles. The van der Waals surface area contributed by atoms with E-state index in [4.69, 9.17) is 5.84 Å². The molecule has 1 unspecified atom stereocenters. The summed E-state index contributed by atoms with van der Waals surface area (Å²) in [6.07, 6.45) is 3.07. The average molecular weight is 314 g/mol. The zero-order valence-electron chi connectivity index (χ0n) is 9.20. The molecule has 0 bridgehead atoms. The molecule has 1 atom stereocenters. The molecule has 0 aliphatic carbocycles. The van der Waals surface area contributed by atoms with E-state index in [0.717, 1.165) is 0 Å². The maximum Gasteiger partial charge on any atom is 0.145 e. The van der Waals surface area contributed by atoms with Crippen LogP contribution in [0.3, 0.4) is 0 Å². The Labute approximate surface area is 111 Å². The normalized spacial score (nSPS) is 12.4. The minimum absolute atomic E-state index is 0.127. The van der Waals surface area contributed by atoms with Crippen LogP contribution in [0.1, 0.15) is 17.2 Å². The SMILES string of the molecule is NNC(c1ccncc1)c1c(F)ccc(Br)c1F. The molecule has 18 heavy (non-hydrogen) atoms. The fraction of sp³-hybridized carbons (Fsp3) is 0.0833. The van der Waals surface area contributed by atoms with Gasteiger partial charge in [-0.25, -0.2) is 14.2 Å². The Hall–Kier alpha value is -1.37. The highest BCUT2D eigenvalue weighted by Gasteiger charge is 2.22. The van der Waals surface area contributed by atoms with Gasteiger partial charge in [-0.15, -0.1) is 0 Å². The fourth-order valence-electron chi connectivity index (χ4n) is 1.71. The molecule has 94 valence electrons. The lowest BCUT2D eigenvalue weighted by molar-refractivity contribution is 0.507. The summed E-state index contributed by atoms with van der Waals surface area (Å²) in [5.74, 6) is 4.08. The molecule has 6 heteroatoms. The molecule has 0 amide bonds. The van der Waals surface area contributed by atoms with Crippen molar-refractivity contribution < 1.29 is 8.78 Å². The van der Waals surface area contributed by atoms with Gasteiger partial charge in [0.25, 0.3) is 0 Å². The third-order valence-corrected chi connectivity index (χ3v) is 3.19. The molecule has 0 fully saturated rings. The fourth-order valence-corrected chi connectivity index (χ4v) is 2.06. The minimum Gasteiger partial charge on any atom is -0.271 e. The number of rotatable bonds is 3. The van der Waals surface area contributed by atoms with Crippen molar-refractivity contribution in [3.8, 4) is 0 Å². The van der Waals surface area contributed by atoms with E-state index in [9.17, 15) is 8.78 Å². The number of hydrogen-bond acceptors (Lipinski definition) is 3. The summed E-state index contributed by atoms with van der Waals surface area (Å²) in [5, 5.41) is 0. The van der Waals surface area contributed by atoms with E-state index in [1.807, 2.05) is 0 Å². The molecule has 1 aromatic carbocycles. The maximum atomic E-state index is 14.0. The molecule has 0 spiro atoms. The molecule has 0 saturated heterocycles. The van der Waals surface area contributed by atoms with Crippen molar-refractivity contribution in [1.82, 2.24) is 10.4 Å². The number of hydrazine groups is 1. The number of nitrogens with two attached hydrogens (primary N) is 1. The van der Waals surface area contributed by atoms with Crippen LogP contribution in [0.15, 0.2) is 41.1 Å². The quantitative estimate of drug-likeness (QED) is 0.520. The zero-order valence-corrected chi connectivity index (χ0v) is 10.8. The van der Waals surface area contributed by atoms with Gasteiger partial charge in [0.1, 0.15) is 11.6 Å². The molecule has 3 nitrogen and oxygen atoms in total. The van der Waals surface area contributed by atoms with E-state index in [1.165, 1.54) is 24.5 Å². The van der Waals surface area contributed by atoms with Crippen LogP contribution in [0.5, 0.6) is 0 Å². The third-order valence-electron chi connectivity index (χ3n) is 2.57. The molecule has 0 radical (unpaired) electrons. The van der Waals surface area contributed by atoms with E-state index in [1.54, 1.807) is 12.1 Å². The number of nitrogens with zero attached hydrogens (tertiary/aromatic N) is 1. The summed E-state index contributed by atoms with van der Waals surface area (Å²) >= 11 is 3.03. The molecule has 2 aromatic rings. The Kier molecular flexibility index (Phi) is 4.00. The Morgan fingerprint density at radius 1 is 1.17 bits per heavy atom. The molecule has 0 aliphatic heterocycles. The number of aromatic nitrogens is 1. The van der Waals surface area contributed by atoms with Crippen molar-refractivity contribution in [3.63, 3.8) is 0 Å². The number of pyridine rings is 1. The van der Waals surface area contributed by atoms with Crippen molar-refractivity contribution in [3.05, 3.63) is 63.9 Å². The molecule has 0 aliphatic rings. The first-order valence-electron chi connectivity index (χ1n) is 5.14. The Morgan fingerprint density at radius 3 is 2.44 bits per heavy atom. The summed E-state index contributed by atoms with van der Waals surface area (Å²) in [6.45, 7) is 0. The van der Waals surface area contributed by atoms with Crippen LogP contribution < -0.4 is 11.3 Å². The van der Waals surface area contributed by atoms with Crippen LogP contribution >= 0.6 is 15.9 Å². The van der Waals surface area contributed by atoms with Crippen molar-refractivity contribution in [1.29, 1.82) is 0 Å². The lowest BCUT2D eigenvalue weighted by atomic mass is 9.99. The summed E-state index contributed by atoms with van der Waals surface area (Å²) in [4.78, 5) is 3.85. The van der Waals surface area contributed by atoms with Crippen LogP contribution in [0.25, 0.3) is 0 Å². The van der Waals surface area contributed by atoms with Crippen LogP contribution in [0, 0.1) is 11.6 Å². The maximum absolute atomic E-state index is 14.0. The first-order chi connectivity index (χ1) is 8.65. The van der Waals surface area contributed by atoms with Crippen molar-refractivity contribution in [2.75, 3.05) is 0 Å². The number of halogens is 3. The summed E-state index contributed by atoms with van der Waals surface area (Å²) in [6, 6.07) is 5.02. The Bertz CT molecular complexity index is 549. The van der Waals surface area contributed by atoms with Gasteiger partial charge in [-0.3, -0.25) is 10.8 Å². The number of benzene rings is 1. The second-order valence-electron chi connectivity index (χ2n) is 3.64. The van der Waals surface area contributed by atoms with Gasteiger partial charge in [0.2, 0.25) is 0 Å². The summed E-state index contributed by atoms with van der Waals surface area (Å²) in [7, 11) is 0. The van der Waals surface area contributed by atoms with E-state index < -0.39 is 17.7 Å². The number of hydrogen-bond donors (Lipinski definition) is 2. The van der Waals surface area contributed by atoms with Gasteiger partial charge in [0, 0.05) is 18.0 Å². The summed E-state index contributed by atoms with van der Waals surface area (Å²) < 4.78 is 28.0. The van der Waals surface area contributed by atoms with Crippen molar-refractivity contribution >= 4 is 15.9 Å².